The van der Waals surface area contributed by atoms with Crippen molar-refractivity contribution in [2.45, 2.75) is 9.49 Å². The van der Waals surface area contributed by atoms with Crippen molar-refractivity contribution >= 4 is 21.6 Å². The molecule has 0 spiro atoms. The molecule has 0 aliphatic rings. The van der Waals surface area contributed by atoms with Crippen LogP contribution in [-0.4, -0.2) is 0 Å². The molecule has 0 N–H and O–H groups in total. The number of hydrogen-bond acceptors (Lipinski definition) is 2. The number of rotatable bonds is 9. The van der Waals surface area contributed by atoms with E-state index in [2.05, 4.69) is 182 Å². The van der Waals surface area contributed by atoms with Gasteiger partial charge in [0.2, 0.25) is 0 Å². The van der Waals surface area contributed by atoms with E-state index < -0.39 is 9.49 Å². The van der Waals surface area contributed by atoms with Crippen LogP contribution in [0.1, 0.15) is 33.4 Å². The Balaban J connectivity index is 1.62. The monoisotopic (exact) mass is 550 g/mol. The molecular formula is C38H30S2. The maximum absolute atomic E-state index is 2.27. The first-order valence-corrected chi connectivity index (χ1v) is 15.7. The van der Waals surface area contributed by atoms with Gasteiger partial charge in [0.15, 0.2) is 0 Å². The molecule has 0 saturated carbocycles. The highest BCUT2D eigenvalue weighted by molar-refractivity contribution is 8.77. The zero-order chi connectivity index (χ0) is 27.1. The quantitative estimate of drug-likeness (QED) is 0.130. The highest BCUT2D eigenvalue weighted by atomic mass is 33.1. The van der Waals surface area contributed by atoms with Gasteiger partial charge < -0.3 is 0 Å². The summed E-state index contributed by atoms with van der Waals surface area (Å²) in [7, 11) is 3.87. The first kappa shape index (κ1) is 26.3. The standard InChI is InChI=1S/C38H30S2/c1-7-19-31(20-8-1)37(32-21-9-2-10-22-32,33-23-11-3-12-24-33)39-40-38(34-25-13-4-14-26-34,35-27-15-5-16-28-35)36-29-17-6-18-30-36/h1-30H. The molecule has 0 aromatic heterocycles. The van der Waals surface area contributed by atoms with Crippen LogP contribution < -0.4 is 0 Å². The largest absolute Gasteiger partial charge is 0.101 e. The minimum Gasteiger partial charge on any atom is -0.0710 e. The van der Waals surface area contributed by atoms with Crippen molar-refractivity contribution in [2.24, 2.45) is 0 Å². The zero-order valence-electron chi connectivity index (χ0n) is 22.1. The Kier molecular flexibility index (Phi) is 7.90. The minimum absolute atomic E-state index is 0.446. The van der Waals surface area contributed by atoms with Gasteiger partial charge in [0.1, 0.15) is 9.49 Å². The topological polar surface area (TPSA) is 0 Å². The molecule has 6 rings (SSSR count). The van der Waals surface area contributed by atoms with E-state index in [0.717, 1.165) is 0 Å². The molecule has 0 fully saturated rings. The fourth-order valence-corrected chi connectivity index (χ4v) is 9.58. The molecule has 40 heavy (non-hydrogen) atoms. The van der Waals surface area contributed by atoms with Crippen molar-refractivity contribution in [3.05, 3.63) is 215 Å². The van der Waals surface area contributed by atoms with Crippen molar-refractivity contribution in [1.82, 2.24) is 0 Å². The third kappa shape index (κ3) is 4.90. The summed E-state index contributed by atoms with van der Waals surface area (Å²) in [5.74, 6) is 0. The predicted octanol–water partition coefficient (Wildman–Crippen LogP) is 10.4. The second kappa shape index (κ2) is 12.0. The fourth-order valence-electron chi connectivity index (χ4n) is 5.45. The van der Waals surface area contributed by atoms with Crippen LogP contribution in [-0.2, 0) is 9.49 Å². The van der Waals surface area contributed by atoms with Crippen molar-refractivity contribution in [3.8, 4) is 0 Å². The van der Waals surface area contributed by atoms with E-state index in [1.165, 1.54) is 33.4 Å². The predicted molar refractivity (Wildman–Crippen MR) is 174 cm³/mol. The molecule has 194 valence electrons. The van der Waals surface area contributed by atoms with Gasteiger partial charge >= 0.3 is 0 Å². The Morgan fingerprint density at radius 3 is 0.525 bits per heavy atom. The summed E-state index contributed by atoms with van der Waals surface area (Å²) >= 11 is 0. The molecule has 0 amide bonds. The summed E-state index contributed by atoms with van der Waals surface area (Å²) in [6, 6.07) is 65.6. The molecule has 0 bridgehead atoms. The van der Waals surface area contributed by atoms with Gasteiger partial charge in [0, 0.05) is 0 Å². The van der Waals surface area contributed by atoms with Gasteiger partial charge in [-0.05, 0) is 33.4 Å². The van der Waals surface area contributed by atoms with Crippen LogP contribution in [0, 0.1) is 0 Å². The summed E-state index contributed by atoms with van der Waals surface area (Å²) < 4.78 is -0.893. The lowest BCUT2D eigenvalue weighted by molar-refractivity contribution is 0.892. The molecule has 2 heteroatoms. The summed E-state index contributed by atoms with van der Waals surface area (Å²) in [5, 5.41) is 0. The van der Waals surface area contributed by atoms with Gasteiger partial charge in [0.25, 0.3) is 0 Å². The molecule has 0 saturated heterocycles. The first-order valence-electron chi connectivity index (χ1n) is 13.5. The lowest BCUT2D eigenvalue weighted by Gasteiger charge is -2.40. The van der Waals surface area contributed by atoms with E-state index in [1.54, 1.807) is 0 Å². The van der Waals surface area contributed by atoms with Crippen LogP contribution in [0.25, 0.3) is 0 Å². The molecule has 0 radical (unpaired) electrons. The Hall–Kier alpha value is -3.98. The van der Waals surface area contributed by atoms with E-state index >= 15 is 0 Å². The number of benzene rings is 6. The molecule has 6 aromatic rings. The van der Waals surface area contributed by atoms with Gasteiger partial charge in [0.05, 0.1) is 0 Å². The van der Waals surface area contributed by atoms with E-state index in [4.69, 9.17) is 0 Å². The molecule has 0 atom stereocenters. The van der Waals surface area contributed by atoms with Gasteiger partial charge in [-0.25, -0.2) is 0 Å². The first-order chi connectivity index (χ1) is 19.8. The summed E-state index contributed by atoms with van der Waals surface area (Å²) in [6.07, 6.45) is 0. The SMILES string of the molecule is c1ccc(C(SSC(c2ccccc2)(c2ccccc2)c2ccccc2)(c2ccccc2)c2ccccc2)cc1. The normalized spacial score (nSPS) is 11.7. The molecule has 0 heterocycles. The molecule has 0 aliphatic carbocycles. The average Bonchev–Trinajstić information content (AvgIpc) is 3.06. The van der Waals surface area contributed by atoms with Crippen molar-refractivity contribution in [1.29, 1.82) is 0 Å². The highest BCUT2D eigenvalue weighted by Gasteiger charge is 2.44. The molecular weight excluding hydrogens is 521 g/mol. The maximum Gasteiger partial charge on any atom is 0.101 e. The van der Waals surface area contributed by atoms with Crippen LogP contribution in [0.3, 0.4) is 0 Å². The second-order valence-electron chi connectivity index (χ2n) is 9.73. The Labute approximate surface area is 245 Å². The summed E-state index contributed by atoms with van der Waals surface area (Å²) in [5.41, 5.74) is 7.54. The number of hydrogen-bond donors (Lipinski definition) is 0. The van der Waals surface area contributed by atoms with Crippen LogP contribution in [0.5, 0.6) is 0 Å². The molecule has 0 nitrogen and oxygen atoms in total. The highest BCUT2D eigenvalue weighted by Crippen LogP contribution is 2.62. The fraction of sp³-hybridized carbons (Fsp3) is 0.0526. The van der Waals surface area contributed by atoms with E-state index in [1.807, 2.05) is 21.6 Å². The second-order valence-corrected chi connectivity index (χ2v) is 12.3. The van der Waals surface area contributed by atoms with E-state index in [0.29, 0.717) is 0 Å². The van der Waals surface area contributed by atoms with Crippen LogP contribution >= 0.6 is 21.6 Å². The third-order valence-electron chi connectivity index (χ3n) is 7.37. The van der Waals surface area contributed by atoms with Gasteiger partial charge in [-0.1, -0.05) is 204 Å². The van der Waals surface area contributed by atoms with Crippen molar-refractivity contribution < 1.29 is 0 Å². The van der Waals surface area contributed by atoms with Gasteiger partial charge in [-0.3, -0.25) is 0 Å². The van der Waals surface area contributed by atoms with E-state index in [-0.39, 0.29) is 0 Å². The average molecular weight is 551 g/mol. The van der Waals surface area contributed by atoms with E-state index in [9.17, 15) is 0 Å². The smallest absolute Gasteiger partial charge is 0.0710 e. The molecule has 0 unspecified atom stereocenters. The Morgan fingerprint density at radius 1 is 0.225 bits per heavy atom. The third-order valence-corrected chi connectivity index (χ3v) is 11.1. The molecule has 0 aliphatic heterocycles. The maximum atomic E-state index is 2.27. The lowest BCUT2D eigenvalue weighted by Crippen LogP contribution is -2.29. The van der Waals surface area contributed by atoms with Crippen LogP contribution in [0.2, 0.25) is 0 Å². The van der Waals surface area contributed by atoms with Crippen molar-refractivity contribution in [2.75, 3.05) is 0 Å². The van der Waals surface area contributed by atoms with Crippen molar-refractivity contribution in [3.63, 3.8) is 0 Å². The van der Waals surface area contributed by atoms with Crippen LogP contribution in [0.4, 0.5) is 0 Å². The summed E-state index contributed by atoms with van der Waals surface area (Å²) in [6.45, 7) is 0. The van der Waals surface area contributed by atoms with Gasteiger partial charge in [-0.15, -0.1) is 0 Å². The summed E-state index contributed by atoms with van der Waals surface area (Å²) in [4.78, 5) is 0. The van der Waals surface area contributed by atoms with Gasteiger partial charge in [-0.2, -0.15) is 0 Å². The lowest BCUT2D eigenvalue weighted by atomic mass is 9.84. The zero-order valence-corrected chi connectivity index (χ0v) is 23.8. The Bertz CT molecular complexity index is 1280. The molecule has 6 aromatic carbocycles. The van der Waals surface area contributed by atoms with Crippen LogP contribution in [0.15, 0.2) is 182 Å². The Morgan fingerprint density at radius 2 is 0.375 bits per heavy atom. The minimum atomic E-state index is -0.446.